The fourth-order valence-electron chi connectivity index (χ4n) is 1.66. The lowest BCUT2D eigenvalue weighted by Gasteiger charge is -2.19. The van der Waals surface area contributed by atoms with Crippen molar-refractivity contribution in [3.8, 4) is 11.5 Å². The van der Waals surface area contributed by atoms with E-state index in [0.29, 0.717) is 10.8 Å². The summed E-state index contributed by atoms with van der Waals surface area (Å²) in [6.45, 7) is 11.7. The maximum Gasteiger partial charge on any atom is 0.163 e. The molecule has 0 bridgehead atoms. The molecule has 4 heteroatoms. The topological polar surface area (TPSA) is 30.5 Å². The molecule has 0 aromatic heterocycles. The number of benzene rings is 1. The molecule has 0 heterocycles. The Morgan fingerprint density at radius 2 is 1.58 bits per heavy atom. The third-order valence-electron chi connectivity index (χ3n) is 2.40. The van der Waals surface area contributed by atoms with Crippen LogP contribution < -0.4 is 14.8 Å². The molecule has 108 valence electrons. The summed E-state index contributed by atoms with van der Waals surface area (Å²) in [4.78, 5) is 0. The minimum absolute atomic E-state index is 0.0881. The van der Waals surface area contributed by atoms with Gasteiger partial charge in [0.25, 0.3) is 0 Å². The number of ether oxygens (including phenoxy) is 2. The van der Waals surface area contributed by atoms with Crippen molar-refractivity contribution in [2.75, 3.05) is 6.54 Å². The van der Waals surface area contributed by atoms with Crippen LogP contribution in [0.5, 0.6) is 11.5 Å². The maximum absolute atomic E-state index is 6.28. The summed E-state index contributed by atoms with van der Waals surface area (Å²) in [7, 11) is 0. The van der Waals surface area contributed by atoms with Crippen LogP contribution in [0.2, 0.25) is 5.02 Å². The first-order valence-electron chi connectivity index (χ1n) is 6.80. The van der Waals surface area contributed by atoms with Crippen molar-refractivity contribution >= 4 is 11.6 Å². The summed E-state index contributed by atoms with van der Waals surface area (Å²) in [5.41, 5.74) is 1.02. The Labute approximate surface area is 121 Å². The van der Waals surface area contributed by atoms with Crippen LogP contribution in [0.3, 0.4) is 0 Å². The molecule has 1 aromatic rings. The van der Waals surface area contributed by atoms with E-state index in [2.05, 4.69) is 12.2 Å². The van der Waals surface area contributed by atoms with E-state index < -0.39 is 0 Å². The lowest BCUT2D eigenvalue weighted by Crippen LogP contribution is -2.14. The van der Waals surface area contributed by atoms with Crippen molar-refractivity contribution in [3.05, 3.63) is 22.7 Å². The Hall–Kier alpha value is -0.930. The summed E-state index contributed by atoms with van der Waals surface area (Å²) in [6, 6.07) is 3.80. The van der Waals surface area contributed by atoms with Crippen LogP contribution in [0, 0.1) is 0 Å². The van der Waals surface area contributed by atoms with Crippen molar-refractivity contribution < 1.29 is 9.47 Å². The monoisotopic (exact) mass is 285 g/mol. The lowest BCUT2D eigenvalue weighted by atomic mass is 10.2. The zero-order chi connectivity index (χ0) is 14.4. The molecule has 1 aromatic carbocycles. The average molecular weight is 286 g/mol. The second kappa shape index (κ2) is 7.61. The Morgan fingerprint density at radius 3 is 2.05 bits per heavy atom. The third kappa shape index (κ3) is 5.29. The van der Waals surface area contributed by atoms with Crippen LogP contribution in [0.15, 0.2) is 12.1 Å². The zero-order valence-electron chi connectivity index (χ0n) is 12.4. The maximum atomic E-state index is 6.28. The van der Waals surface area contributed by atoms with Gasteiger partial charge in [0.1, 0.15) is 0 Å². The first kappa shape index (κ1) is 16.1. The highest BCUT2D eigenvalue weighted by atomic mass is 35.5. The predicted octanol–water partition coefficient (Wildman–Crippen LogP) is 4.02. The van der Waals surface area contributed by atoms with E-state index >= 15 is 0 Å². The fourth-order valence-corrected chi connectivity index (χ4v) is 1.88. The van der Waals surface area contributed by atoms with Gasteiger partial charge in [0.15, 0.2) is 11.5 Å². The van der Waals surface area contributed by atoms with Crippen LogP contribution in [0.4, 0.5) is 0 Å². The largest absolute Gasteiger partial charge is 0.487 e. The molecular formula is C15H24ClNO2. The number of halogens is 1. The minimum atomic E-state index is 0.0881. The van der Waals surface area contributed by atoms with E-state index in [1.807, 2.05) is 39.8 Å². The molecule has 0 aliphatic carbocycles. The van der Waals surface area contributed by atoms with Gasteiger partial charge < -0.3 is 14.8 Å². The fraction of sp³-hybridized carbons (Fsp3) is 0.600. The summed E-state index contributed by atoms with van der Waals surface area (Å²) in [5, 5.41) is 3.97. The van der Waals surface area contributed by atoms with Crippen LogP contribution >= 0.6 is 11.6 Å². The summed E-state index contributed by atoms with van der Waals surface area (Å²) < 4.78 is 11.6. The first-order chi connectivity index (χ1) is 8.93. The molecule has 0 unspecified atom stereocenters. The lowest BCUT2D eigenvalue weighted by molar-refractivity contribution is 0.198. The minimum Gasteiger partial charge on any atom is -0.487 e. The summed E-state index contributed by atoms with van der Waals surface area (Å²) in [6.07, 6.45) is 0.188. The highest BCUT2D eigenvalue weighted by Gasteiger charge is 2.13. The SMILES string of the molecule is CCNCc1cc(OC(C)C)c(OC(C)C)cc1Cl. The highest BCUT2D eigenvalue weighted by molar-refractivity contribution is 6.31. The van der Waals surface area contributed by atoms with Gasteiger partial charge >= 0.3 is 0 Å². The third-order valence-corrected chi connectivity index (χ3v) is 2.76. The molecule has 0 saturated carbocycles. The normalized spacial score (nSPS) is 11.2. The van der Waals surface area contributed by atoms with Gasteiger partial charge in [-0.1, -0.05) is 18.5 Å². The van der Waals surface area contributed by atoms with Crippen LogP contribution in [-0.2, 0) is 6.54 Å². The van der Waals surface area contributed by atoms with E-state index in [0.717, 1.165) is 24.4 Å². The summed E-state index contributed by atoms with van der Waals surface area (Å²) in [5.74, 6) is 1.45. The van der Waals surface area contributed by atoms with Crippen LogP contribution in [-0.4, -0.2) is 18.8 Å². The van der Waals surface area contributed by atoms with Crippen molar-refractivity contribution in [2.24, 2.45) is 0 Å². The van der Waals surface area contributed by atoms with Gasteiger partial charge in [-0.05, 0) is 45.9 Å². The predicted molar refractivity (Wildman–Crippen MR) is 80.4 cm³/mol. The molecule has 0 aliphatic heterocycles. The molecule has 0 fully saturated rings. The Bertz CT molecular complexity index is 405. The Morgan fingerprint density at radius 1 is 1.05 bits per heavy atom. The Balaban J connectivity index is 3.05. The van der Waals surface area contributed by atoms with E-state index in [9.17, 15) is 0 Å². The molecule has 1 rings (SSSR count). The average Bonchev–Trinajstić information content (AvgIpc) is 2.29. The number of rotatable bonds is 7. The van der Waals surface area contributed by atoms with E-state index in [-0.39, 0.29) is 12.2 Å². The first-order valence-corrected chi connectivity index (χ1v) is 7.18. The van der Waals surface area contributed by atoms with Gasteiger partial charge in [-0.15, -0.1) is 0 Å². The van der Waals surface area contributed by atoms with Gasteiger partial charge in [-0.2, -0.15) is 0 Å². The zero-order valence-corrected chi connectivity index (χ0v) is 13.2. The van der Waals surface area contributed by atoms with Gasteiger partial charge in [0, 0.05) is 17.6 Å². The molecule has 0 spiro atoms. The van der Waals surface area contributed by atoms with Crippen molar-refractivity contribution in [2.45, 2.75) is 53.4 Å². The summed E-state index contributed by atoms with van der Waals surface area (Å²) >= 11 is 6.28. The molecular weight excluding hydrogens is 262 g/mol. The Kier molecular flexibility index (Phi) is 6.46. The van der Waals surface area contributed by atoms with Gasteiger partial charge in [-0.3, -0.25) is 0 Å². The molecule has 0 saturated heterocycles. The second-order valence-corrected chi connectivity index (χ2v) is 5.41. The van der Waals surface area contributed by atoms with Crippen molar-refractivity contribution in [1.29, 1.82) is 0 Å². The molecule has 0 aliphatic rings. The molecule has 0 amide bonds. The molecule has 19 heavy (non-hydrogen) atoms. The molecule has 0 atom stereocenters. The number of nitrogens with one attached hydrogen (secondary N) is 1. The van der Waals surface area contributed by atoms with Gasteiger partial charge in [0.05, 0.1) is 12.2 Å². The van der Waals surface area contributed by atoms with Crippen molar-refractivity contribution in [1.82, 2.24) is 5.32 Å². The van der Waals surface area contributed by atoms with E-state index in [1.54, 1.807) is 0 Å². The second-order valence-electron chi connectivity index (χ2n) is 5.00. The van der Waals surface area contributed by atoms with Gasteiger partial charge in [0.2, 0.25) is 0 Å². The van der Waals surface area contributed by atoms with Crippen LogP contribution in [0.25, 0.3) is 0 Å². The van der Waals surface area contributed by atoms with Crippen molar-refractivity contribution in [3.63, 3.8) is 0 Å². The molecule has 3 nitrogen and oxygen atoms in total. The quantitative estimate of drug-likeness (QED) is 0.821. The van der Waals surface area contributed by atoms with E-state index in [1.165, 1.54) is 0 Å². The smallest absolute Gasteiger partial charge is 0.163 e. The van der Waals surface area contributed by atoms with Crippen LogP contribution in [0.1, 0.15) is 40.2 Å². The number of hydrogen-bond donors (Lipinski definition) is 1. The standard InChI is InChI=1S/C15H24ClNO2/c1-6-17-9-12-7-14(18-10(2)3)15(8-13(12)16)19-11(4)5/h7-8,10-11,17H,6,9H2,1-5H3. The molecule has 1 N–H and O–H groups in total. The van der Waals surface area contributed by atoms with E-state index in [4.69, 9.17) is 21.1 Å². The number of hydrogen-bond acceptors (Lipinski definition) is 3. The molecule has 0 radical (unpaired) electrons. The van der Waals surface area contributed by atoms with Gasteiger partial charge in [-0.25, -0.2) is 0 Å². The highest BCUT2D eigenvalue weighted by Crippen LogP contribution is 2.34.